The standard InChI is InChI=1S/C16H21N3O3S/c1-11-7-12(11)8-17-16(20)9-19-14-6-4-3-5-13(14)18-15(19)10-23(2,21)22/h3-6,11-12H,7-10H2,1-2H3,(H,17,20). The monoisotopic (exact) mass is 335 g/mol. The number of imidazole rings is 1. The molecule has 2 unspecified atom stereocenters. The van der Waals surface area contributed by atoms with Crippen LogP contribution in [-0.4, -0.2) is 36.7 Å². The predicted molar refractivity (Wildman–Crippen MR) is 88.6 cm³/mol. The number of nitrogens with one attached hydrogen (secondary N) is 1. The molecule has 0 aliphatic heterocycles. The van der Waals surface area contributed by atoms with Crippen LogP contribution >= 0.6 is 0 Å². The topological polar surface area (TPSA) is 81.1 Å². The number of benzene rings is 1. The van der Waals surface area contributed by atoms with Crippen LogP contribution in [0, 0.1) is 11.8 Å². The zero-order valence-corrected chi connectivity index (χ0v) is 14.1. The molecule has 1 saturated carbocycles. The molecule has 124 valence electrons. The number of hydrogen-bond donors (Lipinski definition) is 1. The van der Waals surface area contributed by atoms with Gasteiger partial charge in [0.25, 0.3) is 0 Å². The Bertz CT molecular complexity index is 841. The van der Waals surface area contributed by atoms with Crippen LogP contribution in [0.5, 0.6) is 0 Å². The predicted octanol–water partition coefficient (Wildman–Crippen LogP) is 1.35. The minimum atomic E-state index is -3.22. The lowest BCUT2D eigenvalue weighted by molar-refractivity contribution is -0.121. The highest BCUT2D eigenvalue weighted by atomic mass is 32.2. The van der Waals surface area contributed by atoms with E-state index in [9.17, 15) is 13.2 Å². The van der Waals surface area contributed by atoms with Gasteiger partial charge in [0, 0.05) is 12.8 Å². The summed E-state index contributed by atoms with van der Waals surface area (Å²) in [5.41, 5.74) is 1.48. The first-order chi connectivity index (χ1) is 10.8. The zero-order valence-electron chi connectivity index (χ0n) is 13.3. The molecule has 23 heavy (non-hydrogen) atoms. The van der Waals surface area contributed by atoms with Crippen LogP contribution in [-0.2, 0) is 26.9 Å². The first-order valence-electron chi connectivity index (χ1n) is 7.72. The van der Waals surface area contributed by atoms with E-state index in [1.807, 2.05) is 24.3 Å². The molecule has 1 amide bonds. The molecule has 1 aliphatic carbocycles. The smallest absolute Gasteiger partial charge is 0.240 e. The Hall–Kier alpha value is -1.89. The molecule has 1 aromatic heterocycles. The lowest BCUT2D eigenvalue weighted by Gasteiger charge is -2.09. The van der Waals surface area contributed by atoms with Crippen LogP contribution in [0.4, 0.5) is 0 Å². The maximum atomic E-state index is 12.2. The molecule has 1 heterocycles. The molecule has 7 heteroatoms. The van der Waals surface area contributed by atoms with Gasteiger partial charge in [-0.3, -0.25) is 4.79 Å². The summed E-state index contributed by atoms with van der Waals surface area (Å²) in [6.07, 6.45) is 2.33. The summed E-state index contributed by atoms with van der Waals surface area (Å²) < 4.78 is 24.9. The maximum absolute atomic E-state index is 12.2. The Kier molecular flexibility index (Phi) is 4.14. The van der Waals surface area contributed by atoms with Crippen molar-refractivity contribution in [2.75, 3.05) is 12.8 Å². The van der Waals surface area contributed by atoms with Crippen LogP contribution in [0.25, 0.3) is 11.0 Å². The van der Waals surface area contributed by atoms with Gasteiger partial charge >= 0.3 is 0 Å². The van der Waals surface area contributed by atoms with Crippen LogP contribution in [0.2, 0.25) is 0 Å². The fraction of sp³-hybridized carbons (Fsp3) is 0.500. The van der Waals surface area contributed by atoms with E-state index in [0.29, 0.717) is 29.7 Å². The number of aromatic nitrogens is 2. The molecular weight excluding hydrogens is 314 g/mol. The van der Waals surface area contributed by atoms with Gasteiger partial charge in [-0.1, -0.05) is 19.1 Å². The van der Waals surface area contributed by atoms with Crippen molar-refractivity contribution in [3.05, 3.63) is 30.1 Å². The minimum Gasteiger partial charge on any atom is -0.354 e. The van der Waals surface area contributed by atoms with Crippen LogP contribution in [0.1, 0.15) is 19.2 Å². The third-order valence-corrected chi connectivity index (χ3v) is 5.05. The molecular formula is C16H21N3O3S. The first kappa shape index (κ1) is 16.0. The van der Waals surface area contributed by atoms with Crippen LogP contribution in [0.3, 0.4) is 0 Å². The second kappa shape index (κ2) is 5.96. The van der Waals surface area contributed by atoms with Crippen LogP contribution < -0.4 is 5.32 Å². The maximum Gasteiger partial charge on any atom is 0.240 e. The van der Waals surface area contributed by atoms with Crippen LogP contribution in [0.15, 0.2) is 24.3 Å². The van der Waals surface area contributed by atoms with Crippen molar-refractivity contribution in [2.45, 2.75) is 25.6 Å². The molecule has 1 aliphatic rings. The van der Waals surface area contributed by atoms with Gasteiger partial charge < -0.3 is 9.88 Å². The van der Waals surface area contributed by atoms with Crippen molar-refractivity contribution >= 4 is 26.8 Å². The Labute approximate surface area is 135 Å². The number of nitrogens with zero attached hydrogens (tertiary/aromatic N) is 2. The highest BCUT2D eigenvalue weighted by molar-refractivity contribution is 7.89. The molecule has 0 spiro atoms. The summed E-state index contributed by atoms with van der Waals surface area (Å²) in [6.45, 7) is 2.95. The molecule has 1 fully saturated rings. The van der Waals surface area contributed by atoms with Crippen molar-refractivity contribution in [2.24, 2.45) is 11.8 Å². The lowest BCUT2D eigenvalue weighted by atomic mass is 10.3. The molecule has 6 nitrogen and oxygen atoms in total. The van der Waals surface area contributed by atoms with E-state index in [2.05, 4.69) is 17.2 Å². The molecule has 0 bridgehead atoms. The summed E-state index contributed by atoms with van der Waals surface area (Å²) in [7, 11) is -3.22. The van der Waals surface area contributed by atoms with Crippen molar-refractivity contribution in [3.63, 3.8) is 0 Å². The fourth-order valence-corrected chi connectivity index (χ4v) is 3.46. The Morgan fingerprint density at radius 2 is 2.09 bits per heavy atom. The fourth-order valence-electron chi connectivity index (χ4n) is 2.77. The largest absolute Gasteiger partial charge is 0.354 e. The van der Waals surface area contributed by atoms with E-state index in [-0.39, 0.29) is 18.2 Å². The number of para-hydroxylation sites is 2. The van der Waals surface area contributed by atoms with Crippen molar-refractivity contribution < 1.29 is 13.2 Å². The van der Waals surface area contributed by atoms with E-state index in [4.69, 9.17) is 0 Å². The lowest BCUT2D eigenvalue weighted by Crippen LogP contribution is -2.30. The van der Waals surface area contributed by atoms with Gasteiger partial charge in [0.15, 0.2) is 9.84 Å². The molecule has 2 atom stereocenters. The molecule has 1 N–H and O–H groups in total. The Morgan fingerprint density at radius 3 is 2.74 bits per heavy atom. The average molecular weight is 335 g/mol. The van der Waals surface area contributed by atoms with Crippen molar-refractivity contribution in [1.29, 1.82) is 0 Å². The molecule has 0 radical (unpaired) electrons. The number of carbonyl (C=O) groups excluding carboxylic acids is 1. The average Bonchev–Trinajstić information content (AvgIpc) is 3.07. The summed E-state index contributed by atoms with van der Waals surface area (Å²) in [6, 6.07) is 7.37. The zero-order chi connectivity index (χ0) is 16.6. The highest BCUT2D eigenvalue weighted by Crippen LogP contribution is 2.36. The van der Waals surface area contributed by atoms with Gasteiger partial charge in [0.2, 0.25) is 5.91 Å². The highest BCUT2D eigenvalue weighted by Gasteiger charge is 2.32. The number of fused-ring (bicyclic) bond motifs is 1. The van der Waals surface area contributed by atoms with E-state index >= 15 is 0 Å². The summed E-state index contributed by atoms with van der Waals surface area (Å²) in [4.78, 5) is 16.6. The molecule has 0 saturated heterocycles. The number of sulfone groups is 1. The summed E-state index contributed by atoms with van der Waals surface area (Å²) >= 11 is 0. The Morgan fingerprint density at radius 1 is 1.39 bits per heavy atom. The van der Waals surface area contributed by atoms with E-state index in [0.717, 1.165) is 11.9 Å². The van der Waals surface area contributed by atoms with Gasteiger partial charge in [-0.25, -0.2) is 13.4 Å². The number of amides is 1. The second-order valence-electron chi connectivity index (χ2n) is 6.45. The van der Waals surface area contributed by atoms with E-state index < -0.39 is 9.84 Å². The number of carbonyl (C=O) groups is 1. The number of hydrogen-bond acceptors (Lipinski definition) is 4. The number of rotatable bonds is 6. The molecule has 3 rings (SSSR count). The van der Waals surface area contributed by atoms with Gasteiger partial charge in [-0.2, -0.15) is 0 Å². The molecule has 2 aromatic rings. The third kappa shape index (κ3) is 3.90. The summed E-state index contributed by atoms with van der Waals surface area (Å²) in [5, 5.41) is 2.93. The quantitative estimate of drug-likeness (QED) is 0.864. The van der Waals surface area contributed by atoms with E-state index in [1.165, 1.54) is 6.26 Å². The SMILES string of the molecule is CC1CC1CNC(=O)Cn1c(CS(C)(=O)=O)nc2ccccc21. The first-order valence-corrected chi connectivity index (χ1v) is 9.78. The third-order valence-electron chi connectivity index (χ3n) is 4.26. The minimum absolute atomic E-state index is 0.0897. The normalized spacial score (nSPS) is 20.6. The Balaban J connectivity index is 1.82. The van der Waals surface area contributed by atoms with Crippen molar-refractivity contribution in [3.8, 4) is 0 Å². The summed E-state index contributed by atoms with van der Waals surface area (Å²) in [5.74, 6) is 1.39. The van der Waals surface area contributed by atoms with Gasteiger partial charge in [0.1, 0.15) is 18.1 Å². The van der Waals surface area contributed by atoms with Gasteiger partial charge in [-0.05, 0) is 30.4 Å². The second-order valence-corrected chi connectivity index (χ2v) is 8.59. The van der Waals surface area contributed by atoms with E-state index in [1.54, 1.807) is 4.57 Å². The van der Waals surface area contributed by atoms with Gasteiger partial charge in [0.05, 0.1) is 11.0 Å². The van der Waals surface area contributed by atoms with Gasteiger partial charge in [-0.15, -0.1) is 0 Å². The molecule has 1 aromatic carbocycles. The van der Waals surface area contributed by atoms with Crippen molar-refractivity contribution in [1.82, 2.24) is 14.9 Å².